The van der Waals surface area contributed by atoms with Gasteiger partial charge in [0.1, 0.15) is 18.3 Å². The first-order chi connectivity index (χ1) is 20.6. The van der Waals surface area contributed by atoms with Gasteiger partial charge in [0.15, 0.2) is 0 Å². The number of carbonyl (C=O) groups excluding carboxylic acids is 2. The minimum absolute atomic E-state index is 0.0399. The molecule has 4 rings (SSSR count). The maximum Gasteiger partial charge on any atom is 0.264 e. The summed E-state index contributed by atoms with van der Waals surface area (Å²) in [5.74, 6) is -0.385. The largest absolute Gasteiger partial charge is 0.497 e. The minimum Gasteiger partial charge on any atom is -0.497 e. The number of likely N-dealkylation sites (N-methyl/N-ethyl adjacent to an activating group) is 1. The Hall–Kier alpha value is -4.34. The number of halogens is 1. The van der Waals surface area contributed by atoms with Crippen molar-refractivity contribution < 1.29 is 22.7 Å². The van der Waals surface area contributed by atoms with Crippen LogP contribution in [0.3, 0.4) is 0 Å². The van der Waals surface area contributed by atoms with Crippen molar-refractivity contribution in [1.29, 1.82) is 0 Å². The number of rotatable bonds is 12. The summed E-state index contributed by atoms with van der Waals surface area (Å²) in [7, 11) is -1.16. The number of nitrogens with one attached hydrogen (secondary N) is 1. The molecule has 43 heavy (non-hydrogen) atoms. The molecule has 0 heterocycles. The molecule has 2 amide bonds. The fourth-order valence-electron chi connectivity index (χ4n) is 4.62. The smallest absolute Gasteiger partial charge is 0.264 e. The van der Waals surface area contributed by atoms with Crippen molar-refractivity contribution in [2.45, 2.75) is 30.8 Å². The number of amides is 2. The minimum atomic E-state index is -4.18. The van der Waals surface area contributed by atoms with E-state index in [0.29, 0.717) is 10.8 Å². The Balaban J connectivity index is 1.78. The van der Waals surface area contributed by atoms with Crippen molar-refractivity contribution in [3.8, 4) is 5.75 Å². The third-order valence-electron chi connectivity index (χ3n) is 7.03. The van der Waals surface area contributed by atoms with Crippen molar-refractivity contribution in [3.63, 3.8) is 0 Å². The third kappa shape index (κ3) is 7.94. The van der Waals surface area contributed by atoms with Gasteiger partial charge in [0.05, 0.1) is 17.7 Å². The summed E-state index contributed by atoms with van der Waals surface area (Å²) in [4.78, 5) is 29.1. The van der Waals surface area contributed by atoms with E-state index in [2.05, 4.69) is 5.32 Å². The number of ether oxygens (including phenoxy) is 1. The molecule has 0 aromatic heterocycles. The number of sulfonamides is 1. The Morgan fingerprint density at radius 2 is 1.49 bits per heavy atom. The maximum absolute atomic E-state index is 14.3. The first kappa shape index (κ1) is 31.6. The number of aryl methyl sites for hydroxylation is 1. The van der Waals surface area contributed by atoms with Crippen LogP contribution in [-0.4, -0.2) is 51.9 Å². The highest BCUT2D eigenvalue weighted by Gasteiger charge is 2.34. The number of anilines is 1. The molecule has 0 saturated heterocycles. The fraction of sp³-hybridized carbons (Fsp3) is 0.212. The van der Waals surface area contributed by atoms with Gasteiger partial charge in [-0.25, -0.2) is 8.42 Å². The van der Waals surface area contributed by atoms with Gasteiger partial charge in [-0.05, 0) is 66.6 Å². The average Bonchev–Trinajstić information content (AvgIpc) is 3.02. The van der Waals surface area contributed by atoms with Crippen LogP contribution in [0.1, 0.15) is 16.7 Å². The Morgan fingerprint density at radius 1 is 0.860 bits per heavy atom. The molecule has 224 valence electrons. The topological polar surface area (TPSA) is 96.0 Å². The molecule has 0 unspecified atom stereocenters. The lowest BCUT2D eigenvalue weighted by Gasteiger charge is -2.33. The summed E-state index contributed by atoms with van der Waals surface area (Å²) in [6.07, 6.45) is 0.229. The molecule has 0 aliphatic rings. The van der Waals surface area contributed by atoms with Gasteiger partial charge in [-0.1, -0.05) is 71.8 Å². The first-order valence-corrected chi connectivity index (χ1v) is 15.5. The number of hydrogen-bond acceptors (Lipinski definition) is 5. The molecule has 0 radical (unpaired) electrons. The van der Waals surface area contributed by atoms with Crippen LogP contribution in [-0.2, 0) is 32.6 Å². The van der Waals surface area contributed by atoms with Crippen molar-refractivity contribution in [3.05, 3.63) is 125 Å². The molecular formula is C33H34ClN3O5S. The van der Waals surface area contributed by atoms with Crippen LogP contribution in [0.4, 0.5) is 5.69 Å². The van der Waals surface area contributed by atoms with Gasteiger partial charge in [0, 0.05) is 25.0 Å². The zero-order chi connectivity index (χ0) is 31.0. The van der Waals surface area contributed by atoms with Crippen LogP contribution in [0.15, 0.2) is 108 Å². The maximum atomic E-state index is 14.3. The summed E-state index contributed by atoms with van der Waals surface area (Å²) in [5.41, 5.74) is 2.76. The summed E-state index contributed by atoms with van der Waals surface area (Å²) < 4.78 is 34.4. The van der Waals surface area contributed by atoms with Crippen LogP contribution >= 0.6 is 11.6 Å². The van der Waals surface area contributed by atoms with E-state index in [1.807, 2.05) is 37.3 Å². The normalized spacial score (nSPS) is 11.8. The Morgan fingerprint density at radius 3 is 2.07 bits per heavy atom. The first-order valence-electron chi connectivity index (χ1n) is 13.6. The van der Waals surface area contributed by atoms with Crippen molar-refractivity contribution in [2.75, 3.05) is 25.0 Å². The predicted molar refractivity (Wildman–Crippen MR) is 169 cm³/mol. The van der Waals surface area contributed by atoms with Crippen molar-refractivity contribution >= 4 is 39.1 Å². The highest BCUT2D eigenvalue weighted by Crippen LogP contribution is 2.27. The summed E-state index contributed by atoms with van der Waals surface area (Å²) in [6, 6.07) is 28.3. The molecule has 1 atom stereocenters. The second kappa shape index (κ2) is 14.2. The summed E-state index contributed by atoms with van der Waals surface area (Å²) in [5, 5.41) is 3.21. The lowest BCUT2D eigenvalue weighted by atomic mass is 10.0. The quantitative estimate of drug-likeness (QED) is 0.234. The Labute approximate surface area is 257 Å². The lowest BCUT2D eigenvalue weighted by Crippen LogP contribution is -2.53. The highest BCUT2D eigenvalue weighted by molar-refractivity contribution is 7.92. The van der Waals surface area contributed by atoms with Crippen LogP contribution in [0.25, 0.3) is 0 Å². The van der Waals surface area contributed by atoms with E-state index in [4.69, 9.17) is 16.3 Å². The zero-order valence-electron chi connectivity index (χ0n) is 24.2. The predicted octanol–water partition coefficient (Wildman–Crippen LogP) is 5.24. The van der Waals surface area contributed by atoms with E-state index >= 15 is 0 Å². The molecule has 0 fully saturated rings. The highest BCUT2D eigenvalue weighted by atomic mass is 35.5. The number of nitrogens with zero attached hydrogens (tertiary/aromatic N) is 2. The number of carbonyl (C=O) groups is 2. The second-order valence-corrected chi connectivity index (χ2v) is 12.3. The van der Waals surface area contributed by atoms with Crippen molar-refractivity contribution in [1.82, 2.24) is 10.2 Å². The van der Waals surface area contributed by atoms with Crippen LogP contribution in [0.5, 0.6) is 5.75 Å². The Bertz CT molecular complexity index is 1630. The number of methoxy groups -OCH3 is 1. The molecule has 0 spiro atoms. The Kier molecular flexibility index (Phi) is 10.4. The van der Waals surface area contributed by atoms with Crippen molar-refractivity contribution in [2.24, 2.45) is 0 Å². The van der Waals surface area contributed by atoms with Gasteiger partial charge in [-0.3, -0.25) is 13.9 Å². The average molecular weight is 620 g/mol. The van der Waals surface area contributed by atoms with Crippen LogP contribution < -0.4 is 14.4 Å². The van der Waals surface area contributed by atoms with Gasteiger partial charge < -0.3 is 15.0 Å². The summed E-state index contributed by atoms with van der Waals surface area (Å²) in [6.45, 7) is 1.38. The van der Waals surface area contributed by atoms with E-state index in [1.54, 1.807) is 60.7 Å². The van der Waals surface area contributed by atoms with Gasteiger partial charge in [-0.2, -0.15) is 0 Å². The third-order valence-corrected chi connectivity index (χ3v) is 9.07. The molecule has 0 aliphatic carbocycles. The van der Waals surface area contributed by atoms with Crippen LogP contribution in [0, 0.1) is 6.92 Å². The van der Waals surface area contributed by atoms with Gasteiger partial charge in [0.2, 0.25) is 11.8 Å². The standard InChI is InChI=1S/C33H34ClN3O5S/c1-24-9-19-30(20-10-24)43(40,41)37(28-15-17-29(42-3)18-16-28)23-32(38)36(22-26-11-13-27(34)14-12-26)31(33(39)35-2)21-25-7-5-4-6-8-25/h4-20,31H,21-23H2,1-3H3,(H,35,39)/t31-/m0/s1. The van der Waals surface area contributed by atoms with Gasteiger partial charge in [-0.15, -0.1) is 0 Å². The van der Waals surface area contributed by atoms with E-state index in [9.17, 15) is 18.0 Å². The molecule has 1 N–H and O–H groups in total. The van der Waals surface area contributed by atoms with E-state index in [0.717, 1.165) is 21.0 Å². The lowest BCUT2D eigenvalue weighted by molar-refractivity contribution is -0.139. The van der Waals surface area contributed by atoms with Gasteiger partial charge in [0.25, 0.3) is 10.0 Å². The fourth-order valence-corrected chi connectivity index (χ4v) is 6.16. The number of hydrogen-bond donors (Lipinski definition) is 1. The molecule has 0 saturated carbocycles. The van der Waals surface area contributed by atoms with E-state index < -0.39 is 28.5 Å². The molecule has 4 aromatic rings. The van der Waals surface area contributed by atoms with Gasteiger partial charge >= 0.3 is 0 Å². The molecule has 4 aromatic carbocycles. The summed E-state index contributed by atoms with van der Waals surface area (Å²) >= 11 is 6.10. The van der Waals surface area contributed by atoms with Crippen LogP contribution in [0.2, 0.25) is 5.02 Å². The molecular weight excluding hydrogens is 586 g/mol. The van der Waals surface area contributed by atoms with E-state index in [1.165, 1.54) is 31.2 Å². The second-order valence-electron chi connectivity index (χ2n) is 9.99. The molecule has 0 bridgehead atoms. The molecule has 8 nitrogen and oxygen atoms in total. The monoisotopic (exact) mass is 619 g/mol. The SMILES string of the molecule is CNC(=O)[C@H](Cc1ccccc1)N(Cc1ccc(Cl)cc1)C(=O)CN(c1ccc(OC)cc1)S(=O)(=O)c1ccc(C)cc1. The molecule has 0 aliphatic heterocycles. The molecule has 10 heteroatoms. The zero-order valence-corrected chi connectivity index (χ0v) is 25.8. The van der Waals surface area contributed by atoms with E-state index in [-0.39, 0.29) is 29.5 Å². The number of benzene rings is 4.